The van der Waals surface area contributed by atoms with E-state index in [0.29, 0.717) is 18.7 Å². The fourth-order valence-electron chi connectivity index (χ4n) is 2.13. The Morgan fingerprint density at radius 2 is 2.35 bits per heavy atom. The molecular formula is C15H20N2O3. The number of nitrogens with zero attached hydrogens (tertiary/aromatic N) is 1. The van der Waals surface area contributed by atoms with Gasteiger partial charge in [-0.2, -0.15) is 5.26 Å². The van der Waals surface area contributed by atoms with Gasteiger partial charge in [-0.25, -0.2) is 0 Å². The van der Waals surface area contributed by atoms with E-state index in [2.05, 4.69) is 11.4 Å². The highest BCUT2D eigenvalue weighted by atomic mass is 16.5. The molecule has 1 aliphatic heterocycles. The molecule has 1 aliphatic rings. The van der Waals surface area contributed by atoms with E-state index in [-0.39, 0.29) is 12.7 Å². The third-order valence-electron chi connectivity index (χ3n) is 3.21. The molecule has 0 amide bonds. The highest BCUT2D eigenvalue weighted by molar-refractivity contribution is 5.57. The number of nitriles is 1. The Morgan fingerprint density at radius 3 is 3.10 bits per heavy atom. The average molecular weight is 276 g/mol. The Balaban J connectivity index is 1.66. The number of para-hydroxylation sites is 1. The summed E-state index contributed by atoms with van der Waals surface area (Å²) in [5.41, 5.74) is 1.30. The number of hydrogen-bond acceptors (Lipinski definition) is 5. The lowest BCUT2D eigenvalue weighted by Gasteiger charge is -2.15. The molecule has 2 N–H and O–H groups in total. The van der Waals surface area contributed by atoms with E-state index in [1.807, 2.05) is 18.2 Å². The molecule has 0 aromatic heterocycles. The third-order valence-corrected chi connectivity index (χ3v) is 3.21. The highest BCUT2D eigenvalue weighted by Crippen LogP contribution is 2.14. The molecule has 0 saturated carbocycles. The van der Waals surface area contributed by atoms with Gasteiger partial charge in [0.05, 0.1) is 36.7 Å². The third kappa shape index (κ3) is 4.49. The maximum atomic E-state index is 9.84. The van der Waals surface area contributed by atoms with Crippen LogP contribution in [0.15, 0.2) is 24.3 Å². The predicted octanol–water partition coefficient (Wildman–Crippen LogP) is 1.53. The van der Waals surface area contributed by atoms with E-state index in [4.69, 9.17) is 14.7 Å². The number of benzene rings is 1. The maximum Gasteiger partial charge on any atom is 0.101 e. The summed E-state index contributed by atoms with van der Waals surface area (Å²) < 4.78 is 10.9. The summed E-state index contributed by atoms with van der Waals surface area (Å²) in [6, 6.07) is 9.33. The van der Waals surface area contributed by atoms with Crippen LogP contribution in [0.2, 0.25) is 0 Å². The molecule has 1 saturated heterocycles. The number of aliphatic hydroxyl groups is 1. The fourth-order valence-corrected chi connectivity index (χ4v) is 2.13. The van der Waals surface area contributed by atoms with Gasteiger partial charge in [0.2, 0.25) is 0 Å². The van der Waals surface area contributed by atoms with Crippen LogP contribution < -0.4 is 5.32 Å². The summed E-state index contributed by atoms with van der Waals surface area (Å²) >= 11 is 0. The molecule has 20 heavy (non-hydrogen) atoms. The molecule has 5 nitrogen and oxygen atoms in total. The van der Waals surface area contributed by atoms with Crippen LogP contribution in [0.25, 0.3) is 0 Å². The van der Waals surface area contributed by atoms with Gasteiger partial charge < -0.3 is 19.9 Å². The monoisotopic (exact) mass is 276 g/mol. The largest absolute Gasteiger partial charge is 0.389 e. The lowest BCUT2D eigenvalue weighted by Crippen LogP contribution is -2.27. The van der Waals surface area contributed by atoms with Crippen LogP contribution in [0, 0.1) is 11.3 Å². The second kappa shape index (κ2) is 7.85. The van der Waals surface area contributed by atoms with Crippen LogP contribution >= 0.6 is 0 Å². The molecule has 2 rings (SSSR count). The number of hydrogen-bond donors (Lipinski definition) is 2. The van der Waals surface area contributed by atoms with Gasteiger partial charge >= 0.3 is 0 Å². The number of rotatable bonds is 7. The Morgan fingerprint density at radius 1 is 1.50 bits per heavy atom. The van der Waals surface area contributed by atoms with Crippen molar-refractivity contribution in [3.63, 3.8) is 0 Å². The molecule has 1 aromatic carbocycles. The first-order chi connectivity index (χ1) is 9.79. The molecule has 1 aromatic rings. The Bertz CT molecular complexity index is 453. The smallest absolute Gasteiger partial charge is 0.101 e. The van der Waals surface area contributed by atoms with Gasteiger partial charge in [-0.3, -0.25) is 0 Å². The molecule has 2 atom stereocenters. The summed E-state index contributed by atoms with van der Waals surface area (Å²) in [4.78, 5) is 0. The average Bonchev–Trinajstić information content (AvgIpc) is 2.98. The van der Waals surface area contributed by atoms with Crippen molar-refractivity contribution >= 4 is 5.69 Å². The standard InChI is InChI=1S/C15H20N2O3/c16-8-12-4-1-2-6-15(12)17-9-13(18)10-19-11-14-5-3-7-20-14/h1-2,4,6,13-14,17-18H,3,5,7,9-11H2. The first-order valence-electron chi connectivity index (χ1n) is 6.90. The number of aliphatic hydroxyl groups excluding tert-OH is 1. The second-order valence-electron chi connectivity index (χ2n) is 4.86. The van der Waals surface area contributed by atoms with E-state index in [9.17, 15) is 5.11 Å². The van der Waals surface area contributed by atoms with Crippen molar-refractivity contribution in [1.82, 2.24) is 0 Å². The zero-order chi connectivity index (χ0) is 14.2. The summed E-state index contributed by atoms with van der Waals surface area (Å²) in [6.45, 7) is 1.96. The molecular weight excluding hydrogens is 256 g/mol. The van der Waals surface area contributed by atoms with Gasteiger partial charge in [0.1, 0.15) is 6.07 Å². The minimum absolute atomic E-state index is 0.175. The molecule has 0 aliphatic carbocycles. The van der Waals surface area contributed by atoms with Gasteiger partial charge in [-0.1, -0.05) is 12.1 Å². The first kappa shape index (κ1) is 14.8. The molecule has 2 unspecified atom stereocenters. The zero-order valence-corrected chi connectivity index (χ0v) is 11.4. The Hall–Kier alpha value is -1.61. The molecule has 0 spiro atoms. The molecule has 1 fully saturated rings. The molecule has 1 heterocycles. The minimum atomic E-state index is -0.608. The SMILES string of the molecule is N#Cc1ccccc1NCC(O)COCC1CCCO1. The summed E-state index contributed by atoms with van der Waals surface area (Å²) in [5.74, 6) is 0. The van der Waals surface area contributed by atoms with E-state index >= 15 is 0 Å². The van der Waals surface area contributed by atoms with E-state index < -0.39 is 6.10 Å². The Labute approximate surface area is 119 Å². The zero-order valence-electron chi connectivity index (χ0n) is 11.4. The van der Waals surface area contributed by atoms with Gasteiger partial charge in [0.25, 0.3) is 0 Å². The van der Waals surface area contributed by atoms with Crippen molar-refractivity contribution in [2.24, 2.45) is 0 Å². The lowest BCUT2D eigenvalue weighted by molar-refractivity contribution is -0.0137. The predicted molar refractivity (Wildman–Crippen MR) is 75.4 cm³/mol. The number of anilines is 1. The van der Waals surface area contributed by atoms with Gasteiger partial charge in [0, 0.05) is 13.2 Å². The van der Waals surface area contributed by atoms with Gasteiger partial charge in [0.15, 0.2) is 0 Å². The van der Waals surface area contributed by atoms with Crippen LogP contribution in [0.3, 0.4) is 0 Å². The van der Waals surface area contributed by atoms with Crippen molar-refractivity contribution in [2.75, 3.05) is 31.7 Å². The van der Waals surface area contributed by atoms with Gasteiger partial charge in [-0.15, -0.1) is 0 Å². The molecule has 0 radical (unpaired) electrons. The fraction of sp³-hybridized carbons (Fsp3) is 0.533. The van der Waals surface area contributed by atoms with Crippen LogP contribution in [0.1, 0.15) is 18.4 Å². The van der Waals surface area contributed by atoms with Crippen LogP contribution in [0.4, 0.5) is 5.69 Å². The molecule has 5 heteroatoms. The van der Waals surface area contributed by atoms with E-state index in [1.165, 1.54) is 0 Å². The second-order valence-corrected chi connectivity index (χ2v) is 4.86. The van der Waals surface area contributed by atoms with Gasteiger partial charge in [-0.05, 0) is 25.0 Å². The van der Waals surface area contributed by atoms with Crippen molar-refractivity contribution in [3.8, 4) is 6.07 Å². The summed E-state index contributed by atoms with van der Waals surface area (Å²) in [7, 11) is 0. The minimum Gasteiger partial charge on any atom is -0.389 e. The molecule has 0 bridgehead atoms. The quantitative estimate of drug-likeness (QED) is 0.790. The topological polar surface area (TPSA) is 74.5 Å². The van der Waals surface area contributed by atoms with Crippen LogP contribution in [0.5, 0.6) is 0 Å². The van der Waals surface area contributed by atoms with Crippen LogP contribution in [-0.2, 0) is 9.47 Å². The van der Waals surface area contributed by atoms with Crippen molar-refractivity contribution in [3.05, 3.63) is 29.8 Å². The Kier molecular flexibility index (Phi) is 5.81. The van der Waals surface area contributed by atoms with Crippen molar-refractivity contribution in [1.29, 1.82) is 5.26 Å². The van der Waals surface area contributed by atoms with Crippen molar-refractivity contribution in [2.45, 2.75) is 25.0 Å². The number of nitrogens with one attached hydrogen (secondary N) is 1. The van der Waals surface area contributed by atoms with Crippen molar-refractivity contribution < 1.29 is 14.6 Å². The van der Waals surface area contributed by atoms with E-state index in [1.54, 1.807) is 6.07 Å². The van der Waals surface area contributed by atoms with Crippen LogP contribution in [-0.4, -0.2) is 43.7 Å². The lowest BCUT2D eigenvalue weighted by atomic mass is 10.2. The normalized spacial score (nSPS) is 19.5. The summed E-state index contributed by atoms with van der Waals surface area (Å²) in [5, 5.41) is 21.9. The highest BCUT2D eigenvalue weighted by Gasteiger charge is 2.16. The molecule has 108 valence electrons. The maximum absolute atomic E-state index is 9.84. The number of ether oxygens (including phenoxy) is 2. The first-order valence-corrected chi connectivity index (χ1v) is 6.90. The summed E-state index contributed by atoms with van der Waals surface area (Å²) in [6.07, 6.45) is 1.69. The van der Waals surface area contributed by atoms with E-state index in [0.717, 1.165) is 25.1 Å².